The van der Waals surface area contributed by atoms with Crippen molar-refractivity contribution in [3.05, 3.63) is 52.4 Å². The van der Waals surface area contributed by atoms with E-state index in [9.17, 15) is 4.79 Å². The van der Waals surface area contributed by atoms with E-state index < -0.39 is 0 Å². The summed E-state index contributed by atoms with van der Waals surface area (Å²) in [6.07, 6.45) is 1.61. The highest BCUT2D eigenvalue weighted by atomic mass is 16.5. The Morgan fingerprint density at radius 3 is 2.63 bits per heavy atom. The highest BCUT2D eigenvalue weighted by Gasteiger charge is 2.07. The summed E-state index contributed by atoms with van der Waals surface area (Å²) in [6, 6.07) is 8.49. The number of rotatable bonds is 4. The van der Waals surface area contributed by atoms with E-state index in [0.717, 1.165) is 5.56 Å². The van der Waals surface area contributed by atoms with Gasteiger partial charge >= 0.3 is 0 Å². The number of nitrogens with two attached hydrogens (primary N) is 1. The SMILES string of the molecule is COc1ccc(OC)c(Cn2cc(N)ccc2=O)c1. The van der Waals surface area contributed by atoms with Crippen LogP contribution in [0.15, 0.2) is 41.3 Å². The highest BCUT2D eigenvalue weighted by Crippen LogP contribution is 2.24. The number of ether oxygens (including phenoxy) is 2. The third-order valence-electron chi connectivity index (χ3n) is 2.83. The maximum absolute atomic E-state index is 11.8. The van der Waals surface area contributed by atoms with Gasteiger partial charge in [-0.05, 0) is 24.3 Å². The third-order valence-corrected chi connectivity index (χ3v) is 2.83. The lowest BCUT2D eigenvalue weighted by molar-refractivity contribution is 0.397. The van der Waals surface area contributed by atoms with Crippen molar-refractivity contribution in [3.8, 4) is 11.5 Å². The molecule has 1 aromatic carbocycles. The van der Waals surface area contributed by atoms with E-state index in [2.05, 4.69) is 0 Å². The molecule has 2 rings (SSSR count). The summed E-state index contributed by atoms with van der Waals surface area (Å²) in [5, 5.41) is 0. The van der Waals surface area contributed by atoms with Crippen molar-refractivity contribution < 1.29 is 9.47 Å². The smallest absolute Gasteiger partial charge is 0.250 e. The minimum Gasteiger partial charge on any atom is -0.497 e. The number of methoxy groups -OCH3 is 2. The Morgan fingerprint density at radius 1 is 1.16 bits per heavy atom. The highest BCUT2D eigenvalue weighted by molar-refractivity contribution is 5.41. The molecule has 5 nitrogen and oxygen atoms in total. The first-order valence-corrected chi connectivity index (χ1v) is 5.81. The summed E-state index contributed by atoms with van der Waals surface area (Å²) in [6.45, 7) is 0.379. The number of hydrogen-bond acceptors (Lipinski definition) is 4. The van der Waals surface area contributed by atoms with Gasteiger partial charge in [0.1, 0.15) is 11.5 Å². The molecule has 0 bridgehead atoms. The van der Waals surface area contributed by atoms with Crippen LogP contribution in [0.2, 0.25) is 0 Å². The maximum atomic E-state index is 11.8. The van der Waals surface area contributed by atoms with Gasteiger partial charge in [0.15, 0.2) is 0 Å². The Morgan fingerprint density at radius 2 is 1.95 bits per heavy atom. The second-order valence-electron chi connectivity index (χ2n) is 4.11. The molecule has 100 valence electrons. The Labute approximate surface area is 111 Å². The molecule has 0 saturated carbocycles. The van der Waals surface area contributed by atoms with Crippen molar-refractivity contribution in [3.63, 3.8) is 0 Å². The van der Waals surface area contributed by atoms with Gasteiger partial charge in [0, 0.05) is 23.5 Å². The topological polar surface area (TPSA) is 66.5 Å². The zero-order valence-corrected chi connectivity index (χ0v) is 10.9. The van der Waals surface area contributed by atoms with Crippen molar-refractivity contribution in [2.24, 2.45) is 0 Å². The molecular weight excluding hydrogens is 244 g/mol. The molecule has 0 unspecified atom stereocenters. The molecule has 0 amide bonds. The van der Waals surface area contributed by atoms with Crippen LogP contribution >= 0.6 is 0 Å². The average Bonchev–Trinajstić information content (AvgIpc) is 2.42. The molecule has 1 aromatic heterocycles. The van der Waals surface area contributed by atoms with Crippen molar-refractivity contribution in [1.29, 1.82) is 0 Å². The lowest BCUT2D eigenvalue weighted by Crippen LogP contribution is -2.19. The Hall–Kier alpha value is -2.43. The molecular formula is C14H16N2O3. The van der Waals surface area contributed by atoms with Gasteiger partial charge in [-0.2, -0.15) is 0 Å². The zero-order valence-electron chi connectivity index (χ0n) is 10.9. The van der Waals surface area contributed by atoms with Crippen LogP contribution in [0.4, 0.5) is 5.69 Å². The van der Waals surface area contributed by atoms with E-state index in [1.54, 1.807) is 26.5 Å². The van der Waals surface area contributed by atoms with E-state index in [0.29, 0.717) is 23.7 Å². The van der Waals surface area contributed by atoms with Crippen LogP contribution in [0.5, 0.6) is 11.5 Å². The number of nitrogen functional groups attached to an aromatic ring is 1. The Bertz CT molecular complexity index is 635. The summed E-state index contributed by atoms with van der Waals surface area (Å²) < 4.78 is 12.0. The molecule has 2 aromatic rings. The van der Waals surface area contributed by atoms with Gasteiger partial charge in [0.2, 0.25) is 0 Å². The quantitative estimate of drug-likeness (QED) is 0.904. The van der Waals surface area contributed by atoms with E-state index in [4.69, 9.17) is 15.2 Å². The first-order valence-electron chi connectivity index (χ1n) is 5.81. The molecule has 2 N–H and O–H groups in total. The van der Waals surface area contributed by atoms with E-state index in [1.807, 2.05) is 18.2 Å². The Balaban J connectivity index is 2.41. The van der Waals surface area contributed by atoms with Crippen LogP contribution in [0.3, 0.4) is 0 Å². The lowest BCUT2D eigenvalue weighted by Gasteiger charge is -2.12. The fourth-order valence-corrected chi connectivity index (χ4v) is 1.86. The number of pyridine rings is 1. The molecule has 0 atom stereocenters. The largest absolute Gasteiger partial charge is 0.497 e. The molecule has 0 saturated heterocycles. The normalized spacial score (nSPS) is 10.2. The second-order valence-corrected chi connectivity index (χ2v) is 4.11. The first-order chi connectivity index (χ1) is 9.13. The van der Waals surface area contributed by atoms with Crippen LogP contribution in [0.25, 0.3) is 0 Å². The van der Waals surface area contributed by atoms with Crippen molar-refractivity contribution >= 4 is 5.69 Å². The zero-order chi connectivity index (χ0) is 13.8. The molecule has 0 spiro atoms. The van der Waals surface area contributed by atoms with Crippen LogP contribution in [-0.2, 0) is 6.54 Å². The van der Waals surface area contributed by atoms with E-state index in [-0.39, 0.29) is 5.56 Å². The summed E-state index contributed by atoms with van der Waals surface area (Å²) in [4.78, 5) is 11.8. The summed E-state index contributed by atoms with van der Waals surface area (Å²) in [5.41, 5.74) is 6.98. The first kappa shape index (κ1) is 13.0. The molecule has 0 aliphatic carbocycles. The van der Waals surface area contributed by atoms with Gasteiger partial charge in [-0.25, -0.2) is 0 Å². The van der Waals surface area contributed by atoms with Crippen molar-refractivity contribution in [1.82, 2.24) is 4.57 Å². The van der Waals surface area contributed by atoms with Crippen LogP contribution < -0.4 is 20.8 Å². The third kappa shape index (κ3) is 2.88. The Kier molecular flexibility index (Phi) is 3.75. The minimum absolute atomic E-state index is 0.112. The summed E-state index contributed by atoms with van der Waals surface area (Å²) >= 11 is 0. The number of aromatic nitrogens is 1. The monoisotopic (exact) mass is 260 g/mol. The van der Waals surface area contributed by atoms with E-state index in [1.165, 1.54) is 10.6 Å². The van der Waals surface area contributed by atoms with E-state index >= 15 is 0 Å². The molecule has 0 aliphatic rings. The predicted octanol–water partition coefficient (Wildman–Crippen LogP) is 1.50. The fourth-order valence-electron chi connectivity index (χ4n) is 1.86. The van der Waals surface area contributed by atoms with Gasteiger partial charge in [0.25, 0.3) is 5.56 Å². The molecule has 0 fully saturated rings. The molecule has 0 radical (unpaired) electrons. The number of hydrogen-bond donors (Lipinski definition) is 1. The second kappa shape index (κ2) is 5.48. The molecule has 5 heteroatoms. The fraction of sp³-hybridized carbons (Fsp3) is 0.214. The van der Waals surface area contributed by atoms with Gasteiger partial charge in [0.05, 0.1) is 20.8 Å². The molecule has 1 heterocycles. The van der Waals surface area contributed by atoms with Gasteiger partial charge in [-0.1, -0.05) is 0 Å². The van der Waals surface area contributed by atoms with Gasteiger partial charge in [-0.3, -0.25) is 4.79 Å². The summed E-state index contributed by atoms with van der Waals surface area (Å²) in [5.74, 6) is 1.42. The average molecular weight is 260 g/mol. The number of nitrogens with zero attached hydrogens (tertiary/aromatic N) is 1. The molecule has 0 aliphatic heterocycles. The van der Waals surface area contributed by atoms with Gasteiger partial charge in [-0.15, -0.1) is 0 Å². The lowest BCUT2D eigenvalue weighted by atomic mass is 10.2. The number of anilines is 1. The minimum atomic E-state index is -0.112. The van der Waals surface area contributed by atoms with Crippen LogP contribution in [-0.4, -0.2) is 18.8 Å². The van der Waals surface area contributed by atoms with Crippen molar-refractivity contribution in [2.75, 3.05) is 20.0 Å². The summed E-state index contributed by atoms with van der Waals surface area (Å²) in [7, 11) is 3.19. The number of benzene rings is 1. The van der Waals surface area contributed by atoms with Crippen LogP contribution in [0, 0.1) is 0 Å². The standard InChI is InChI=1S/C14H16N2O3/c1-18-12-4-5-13(19-2)10(7-12)8-16-9-11(15)3-6-14(16)17/h3-7,9H,8,15H2,1-2H3. The van der Waals surface area contributed by atoms with Gasteiger partial charge < -0.3 is 19.8 Å². The maximum Gasteiger partial charge on any atom is 0.250 e. The van der Waals surface area contributed by atoms with Crippen molar-refractivity contribution in [2.45, 2.75) is 6.54 Å². The van der Waals surface area contributed by atoms with Crippen LogP contribution in [0.1, 0.15) is 5.56 Å². The predicted molar refractivity (Wildman–Crippen MR) is 73.8 cm³/mol. The molecule has 19 heavy (non-hydrogen) atoms.